The number of halogens is 3. The second-order valence-electron chi connectivity index (χ2n) is 6.38. The van der Waals surface area contributed by atoms with E-state index in [9.17, 15) is 22.8 Å². The minimum absolute atomic E-state index is 0.282. The highest BCUT2D eigenvalue weighted by Crippen LogP contribution is 2.32. The molecule has 8 nitrogen and oxygen atoms in total. The molecular formula is C20H33F3N2O6. The molecule has 0 bridgehead atoms. The van der Waals surface area contributed by atoms with E-state index >= 15 is 0 Å². The Morgan fingerprint density at radius 1 is 1.35 bits per heavy atom. The molecule has 1 aromatic carbocycles. The molecular weight excluding hydrogens is 421 g/mol. The normalized spacial score (nSPS) is 13.0. The molecule has 0 saturated carbocycles. The lowest BCUT2D eigenvalue weighted by Gasteiger charge is -2.25. The zero-order chi connectivity index (χ0) is 24.7. The number of hydrogen-bond donors (Lipinski definition) is 4. The number of carbonyl (C=O) groups is 2. The van der Waals surface area contributed by atoms with E-state index in [-0.39, 0.29) is 6.61 Å². The number of ether oxygens (including phenoxy) is 2. The second kappa shape index (κ2) is 15.3. The van der Waals surface area contributed by atoms with Crippen molar-refractivity contribution < 1.29 is 42.4 Å². The summed E-state index contributed by atoms with van der Waals surface area (Å²) in [5.41, 5.74) is -0.322. The fraction of sp³-hybridized carbons (Fsp3) is 0.600. The summed E-state index contributed by atoms with van der Waals surface area (Å²) in [4.78, 5) is 19.9. The van der Waals surface area contributed by atoms with Gasteiger partial charge in [0, 0.05) is 19.3 Å². The Bertz CT molecular complexity index is 654. The van der Waals surface area contributed by atoms with Crippen molar-refractivity contribution in [1.82, 2.24) is 0 Å². The fourth-order valence-electron chi connectivity index (χ4n) is 1.49. The SMILES string of the molecule is CC.CC(CO)C(=O)O.COC(C)(C)C(F)(F)F.O=CNc1ccc2c(c1)NCCO2. The average molecular weight is 454 g/mol. The summed E-state index contributed by atoms with van der Waals surface area (Å²) < 4.78 is 44.7. The second-order valence-corrected chi connectivity index (χ2v) is 6.38. The van der Waals surface area contributed by atoms with Gasteiger partial charge in [0.2, 0.25) is 6.41 Å². The van der Waals surface area contributed by atoms with Crippen LogP contribution in [-0.4, -0.2) is 61.2 Å². The predicted octanol–water partition coefficient (Wildman–Crippen LogP) is 3.76. The van der Waals surface area contributed by atoms with Gasteiger partial charge in [-0.05, 0) is 39.0 Å². The number of nitrogens with one attached hydrogen (secondary N) is 2. The number of anilines is 2. The minimum atomic E-state index is -4.28. The van der Waals surface area contributed by atoms with Crippen LogP contribution in [0.4, 0.5) is 24.5 Å². The lowest BCUT2D eigenvalue weighted by atomic mass is 10.1. The van der Waals surface area contributed by atoms with E-state index in [1.54, 1.807) is 6.07 Å². The topological polar surface area (TPSA) is 117 Å². The molecule has 11 heteroatoms. The Balaban J connectivity index is 0. The highest BCUT2D eigenvalue weighted by molar-refractivity contribution is 5.75. The molecule has 2 rings (SSSR count). The van der Waals surface area contributed by atoms with Crippen LogP contribution in [0, 0.1) is 5.92 Å². The molecule has 1 amide bonds. The predicted molar refractivity (Wildman–Crippen MR) is 112 cm³/mol. The van der Waals surface area contributed by atoms with E-state index in [0.717, 1.165) is 44.6 Å². The molecule has 0 aromatic heterocycles. The van der Waals surface area contributed by atoms with Gasteiger partial charge in [-0.2, -0.15) is 13.2 Å². The van der Waals surface area contributed by atoms with Crippen LogP contribution in [-0.2, 0) is 14.3 Å². The Morgan fingerprint density at radius 3 is 2.29 bits per heavy atom. The van der Waals surface area contributed by atoms with Crippen LogP contribution in [0.1, 0.15) is 34.6 Å². The monoisotopic (exact) mass is 454 g/mol. The van der Waals surface area contributed by atoms with E-state index < -0.39 is 23.7 Å². The largest absolute Gasteiger partial charge is 0.490 e. The molecule has 0 aliphatic carbocycles. The third-order valence-electron chi connectivity index (χ3n) is 3.77. The van der Waals surface area contributed by atoms with Gasteiger partial charge in [-0.3, -0.25) is 9.59 Å². The number of carboxylic acids is 1. The van der Waals surface area contributed by atoms with Gasteiger partial charge in [-0.1, -0.05) is 13.8 Å². The van der Waals surface area contributed by atoms with Crippen molar-refractivity contribution in [3.8, 4) is 5.75 Å². The summed E-state index contributed by atoms with van der Waals surface area (Å²) in [5, 5.41) is 21.9. The average Bonchev–Trinajstić information content (AvgIpc) is 2.74. The first-order valence-electron chi connectivity index (χ1n) is 9.56. The number of methoxy groups -OCH3 is 1. The molecule has 0 fully saturated rings. The third-order valence-corrected chi connectivity index (χ3v) is 3.77. The Labute approximate surface area is 180 Å². The standard InChI is InChI=1S/C9H10N2O2.C5H9F3O.C4H8O3.C2H6/c12-6-11-7-1-2-9-8(5-7)10-3-4-13-9;1-4(2,9-3)5(6,7)8;1-3(2-5)4(6)7;1-2/h1-2,5-6,10H,3-4H2,(H,11,12);1-3H3;3,5H,2H2,1H3,(H,6,7);1-2H3. The van der Waals surface area contributed by atoms with Gasteiger partial charge < -0.3 is 30.3 Å². The number of aliphatic carboxylic acids is 1. The number of benzene rings is 1. The highest BCUT2D eigenvalue weighted by Gasteiger charge is 2.47. The fourth-order valence-corrected chi connectivity index (χ4v) is 1.49. The maximum Gasteiger partial charge on any atom is 0.416 e. The molecule has 1 aliphatic rings. The van der Waals surface area contributed by atoms with Crippen LogP contribution in [0.5, 0.6) is 5.75 Å². The molecule has 4 N–H and O–H groups in total. The summed E-state index contributed by atoms with van der Waals surface area (Å²) in [5.74, 6) is -0.745. The van der Waals surface area contributed by atoms with Crippen molar-refractivity contribution in [2.75, 3.05) is 37.5 Å². The van der Waals surface area contributed by atoms with Gasteiger partial charge in [0.15, 0.2) is 5.60 Å². The number of alkyl halides is 3. The van der Waals surface area contributed by atoms with Gasteiger partial charge in [-0.25, -0.2) is 0 Å². The number of fused-ring (bicyclic) bond motifs is 1. The maximum absolute atomic E-state index is 11.7. The number of carbonyl (C=O) groups excluding carboxylic acids is 1. The highest BCUT2D eigenvalue weighted by atomic mass is 19.4. The molecule has 1 unspecified atom stereocenters. The van der Waals surface area contributed by atoms with Gasteiger partial charge in [0.25, 0.3) is 0 Å². The van der Waals surface area contributed by atoms with Crippen LogP contribution >= 0.6 is 0 Å². The van der Waals surface area contributed by atoms with Crippen LogP contribution in [0.25, 0.3) is 0 Å². The smallest absolute Gasteiger partial charge is 0.416 e. The van der Waals surface area contributed by atoms with Crippen LogP contribution < -0.4 is 15.4 Å². The summed E-state index contributed by atoms with van der Waals surface area (Å²) in [6.45, 7) is 8.61. The number of rotatable bonds is 5. The third kappa shape index (κ3) is 12.0. The molecule has 180 valence electrons. The van der Waals surface area contributed by atoms with E-state index in [2.05, 4.69) is 15.4 Å². The van der Waals surface area contributed by atoms with E-state index in [1.807, 2.05) is 26.0 Å². The van der Waals surface area contributed by atoms with Crippen molar-refractivity contribution in [2.24, 2.45) is 5.92 Å². The summed E-state index contributed by atoms with van der Waals surface area (Å²) in [6.07, 6.45) is -3.62. The van der Waals surface area contributed by atoms with Crippen LogP contribution in [0.15, 0.2) is 18.2 Å². The summed E-state index contributed by atoms with van der Waals surface area (Å²) in [6, 6.07) is 5.50. The molecule has 0 saturated heterocycles. The number of aliphatic hydroxyl groups excluding tert-OH is 1. The van der Waals surface area contributed by atoms with Crippen molar-refractivity contribution in [3.05, 3.63) is 18.2 Å². The Kier molecular flexibility index (Phi) is 15.1. The van der Waals surface area contributed by atoms with E-state index in [1.165, 1.54) is 6.92 Å². The van der Waals surface area contributed by atoms with Crippen LogP contribution in [0.3, 0.4) is 0 Å². The van der Waals surface area contributed by atoms with Crippen LogP contribution in [0.2, 0.25) is 0 Å². The first-order valence-corrected chi connectivity index (χ1v) is 9.56. The van der Waals surface area contributed by atoms with E-state index in [4.69, 9.17) is 14.9 Å². The number of hydrogen-bond acceptors (Lipinski definition) is 6. The van der Waals surface area contributed by atoms with Crippen molar-refractivity contribution in [3.63, 3.8) is 0 Å². The molecule has 0 spiro atoms. The first kappa shape index (κ1) is 30.7. The number of amides is 1. The zero-order valence-electron chi connectivity index (χ0n) is 18.7. The molecule has 1 atom stereocenters. The van der Waals surface area contributed by atoms with E-state index in [0.29, 0.717) is 13.0 Å². The van der Waals surface area contributed by atoms with Crippen molar-refractivity contribution in [1.29, 1.82) is 0 Å². The van der Waals surface area contributed by atoms with Gasteiger partial charge in [0.1, 0.15) is 12.4 Å². The summed E-state index contributed by atoms with van der Waals surface area (Å²) in [7, 11) is 1.04. The first-order chi connectivity index (χ1) is 14.4. The van der Waals surface area contributed by atoms with Gasteiger partial charge in [-0.15, -0.1) is 0 Å². The minimum Gasteiger partial charge on any atom is -0.490 e. The maximum atomic E-state index is 11.7. The lowest BCUT2D eigenvalue weighted by Crippen LogP contribution is -2.40. The van der Waals surface area contributed by atoms with Gasteiger partial charge in [0.05, 0.1) is 18.2 Å². The molecule has 1 aliphatic heterocycles. The van der Waals surface area contributed by atoms with Crippen molar-refractivity contribution in [2.45, 2.75) is 46.4 Å². The Morgan fingerprint density at radius 2 is 1.94 bits per heavy atom. The molecule has 0 radical (unpaired) electrons. The molecule has 1 heterocycles. The zero-order valence-corrected chi connectivity index (χ0v) is 18.7. The lowest BCUT2D eigenvalue weighted by molar-refractivity contribution is -0.255. The quantitative estimate of drug-likeness (QED) is 0.501. The molecule has 31 heavy (non-hydrogen) atoms. The summed E-state index contributed by atoms with van der Waals surface area (Å²) >= 11 is 0. The van der Waals surface area contributed by atoms with Crippen molar-refractivity contribution >= 4 is 23.8 Å². The molecule has 1 aromatic rings. The Hall–Kier alpha value is -2.53. The number of carboxylic acid groups (broad SMARTS) is 1. The van der Waals surface area contributed by atoms with Gasteiger partial charge >= 0.3 is 12.1 Å². The number of aliphatic hydroxyl groups is 1.